The maximum atomic E-state index is 12.1. The fourth-order valence-electron chi connectivity index (χ4n) is 3.97. The summed E-state index contributed by atoms with van der Waals surface area (Å²) in [5.74, 6) is 0.486. The Morgan fingerprint density at radius 1 is 1.18 bits per heavy atom. The first kappa shape index (κ1) is 21.5. The molecule has 0 unspecified atom stereocenters. The summed E-state index contributed by atoms with van der Waals surface area (Å²) in [6, 6.07) is 9.57. The van der Waals surface area contributed by atoms with Crippen LogP contribution in [0, 0.1) is 0 Å². The molecule has 0 aliphatic carbocycles. The Kier molecular flexibility index (Phi) is 5.20. The molecular weight excluding hydrogens is 430 g/mol. The fourth-order valence-corrected chi connectivity index (χ4v) is 3.97. The number of nitrogens with one attached hydrogen (secondary N) is 1. The number of benzene rings is 1. The minimum atomic E-state index is -0.167. The first-order chi connectivity index (χ1) is 16.3. The van der Waals surface area contributed by atoms with Gasteiger partial charge in [0.05, 0.1) is 23.8 Å². The Bertz CT molecular complexity index is 1440. The summed E-state index contributed by atoms with van der Waals surface area (Å²) in [5.41, 5.74) is 12.0. The van der Waals surface area contributed by atoms with Gasteiger partial charge in [0, 0.05) is 37.5 Å². The largest absolute Gasteiger partial charge is 0.383 e. The van der Waals surface area contributed by atoms with Gasteiger partial charge in [-0.15, -0.1) is 0 Å². The molecular formula is C24H25N9O. The molecule has 1 amide bonds. The molecule has 3 aromatic heterocycles. The molecule has 10 heteroatoms. The van der Waals surface area contributed by atoms with Crippen LogP contribution in [0.5, 0.6) is 0 Å². The average Bonchev–Trinajstić information content (AvgIpc) is 3.44. The normalized spacial score (nSPS) is 12.4. The van der Waals surface area contributed by atoms with E-state index in [1.54, 1.807) is 32.4 Å². The van der Waals surface area contributed by atoms with Crippen LogP contribution in [0.25, 0.3) is 22.3 Å². The fraction of sp³-hybridized carbons (Fsp3) is 0.250. The van der Waals surface area contributed by atoms with Gasteiger partial charge in [-0.05, 0) is 31.5 Å². The summed E-state index contributed by atoms with van der Waals surface area (Å²) < 4.78 is 1.86. The highest BCUT2D eigenvalue weighted by molar-refractivity contribution is 6.04. The van der Waals surface area contributed by atoms with E-state index in [1.807, 2.05) is 36.9 Å². The Balaban J connectivity index is 1.57. The predicted molar refractivity (Wildman–Crippen MR) is 132 cm³/mol. The van der Waals surface area contributed by atoms with E-state index >= 15 is 0 Å². The SMILES string of the molecule is CC(C)n1nc(-c2cccc3c2C=NC3)c2c(N)nc(Nc3ccc(C(=O)N(C)C)nc3)nc21. The number of hydrogen-bond acceptors (Lipinski definition) is 8. The number of nitrogen functional groups attached to an aromatic ring is 1. The highest BCUT2D eigenvalue weighted by Gasteiger charge is 2.23. The molecule has 0 radical (unpaired) electrons. The van der Waals surface area contributed by atoms with E-state index in [1.165, 1.54) is 4.90 Å². The zero-order valence-electron chi connectivity index (χ0n) is 19.4. The number of hydrogen-bond donors (Lipinski definition) is 2. The summed E-state index contributed by atoms with van der Waals surface area (Å²) in [7, 11) is 3.37. The second kappa shape index (κ2) is 8.22. The van der Waals surface area contributed by atoms with E-state index in [4.69, 9.17) is 15.8 Å². The Hall–Kier alpha value is -4.34. The van der Waals surface area contributed by atoms with E-state index in [0.717, 1.165) is 22.4 Å². The molecule has 3 N–H and O–H groups in total. The molecule has 34 heavy (non-hydrogen) atoms. The third-order valence-corrected chi connectivity index (χ3v) is 5.65. The second-order valence-corrected chi connectivity index (χ2v) is 8.62. The molecule has 0 atom stereocenters. The van der Waals surface area contributed by atoms with Gasteiger partial charge >= 0.3 is 0 Å². The molecule has 0 saturated heterocycles. The average molecular weight is 456 g/mol. The maximum absolute atomic E-state index is 12.1. The van der Waals surface area contributed by atoms with Crippen molar-refractivity contribution < 1.29 is 4.79 Å². The third-order valence-electron chi connectivity index (χ3n) is 5.65. The van der Waals surface area contributed by atoms with Gasteiger partial charge in [0.2, 0.25) is 5.95 Å². The van der Waals surface area contributed by atoms with Gasteiger partial charge in [0.1, 0.15) is 17.2 Å². The van der Waals surface area contributed by atoms with Crippen molar-refractivity contribution in [1.29, 1.82) is 0 Å². The van der Waals surface area contributed by atoms with Crippen LogP contribution in [-0.2, 0) is 6.54 Å². The van der Waals surface area contributed by atoms with Crippen molar-refractivity contribution in [1.82, 2.24) is 29.6 Å². The number of pyridine rings is 1. The van der Waals surface area contributed by atoms with Crippen LogP contribution in [-0.4, -0.2) is 55.8 Å². The van der Waals surface area contributed by atoms with Crippen molar-refractivity contribution in [3.8, 4) is 11.3 Å². The van der Waals surface area contributed by atoms with Crippen molar-refractivity contribution in [3.05, 3.63) is 53.3 Å². The minimum Gasteiger partial charge on any atom is -0.383 e. The number of rotatable bonds is 5. The Morgan fingerprint density at radius 2 is 2.00 bits per heavy atom. The lowest BCUT2D eigenvalue weighted by Crippen LogP contribution is -2.22. The molecule has 0 fully saturated rings. The van der Waals surface area contributed by atoms with Gasteiger partial charge < -0.3 is 16.0 Å². The van der Waals surface area contributed by atoms with Crippen molar-refractivity contribution in [3.63, 3.8) is 0 Å². The highest BCUT2D eigenvalue weighted by Crippen LogP contribution is 2.36. The van der Waals surface area contributed by atoms with Gasteiger partial charge in [0.25, 0.3) is 5.91 Å². The molecule has 0 spiro atoms. The molecule has 0 bridgehead atoms. The van der Waals surface area contributed by atoms with E-state index in [0.29, 0.717) is 40.7 Å². The van der Waals surface area contributed by atoms with Gasteiger partial charge in [-0.25, -0.2) is 9.67 Å². The number of carbonyl (C=O) groups excluding carboxylic acids is 1. The van der Waals surface area contributed by atoms with Crippen LogP contribution in [0.15, 0.2) is 41.5 Å². The van der Waals surface area contributed by atoms with Gasteiger partial charge in [-0.1, -0.05) is 18.2 Å². The summed E-state index contributed by atoms with van der Waals surface area (Å²) >= 11 is 0. The molecule has 1 aliphatic rings. The summed E-state index contributed by atoms with van der Waals surface area (Å²) in [5, 5.41) is 8.73. The molecule has 10 nitrogen and oxygen atoms in total. The molecule has 0 saturated carbocycles. The zero-order valence-corrected chi connectivity index (χ0v) is 19.4. The van der Waals surface area contributed by atoms with E-state index in [9.17, 15) is 4.79 Å². The molecule has 5 rings (SSSR count). The van der Waals surface area contributed by atoms with Crippen LogP contribution >= 0.6 is 0 Å². The number of nitrogens with two attached hydrogens (primary N) is 1. The van der Waals surface area contributed by atoms with Crippen LogP contribution in [0.4, 0.5) is 17.5 Å². The number of amides is 1. The summed E-state index contributed by atoms with van der Waals surface area (Å²) in [6.07, 6.45) is 3.45. The van der Waals surface area contributed by atoms with Crippen molar-refractivity contribution in [2.24, 2.45) is 4.99 Å². The monoisotopic (exact) mass is 455 g/mol. The predicted octanol–water partition coefficient (Wildman–Crippen LogP) is 3.43. The Morgan fingerprint density at radius 3 is 2.71 bits per heavy atom. The van der Waals surface area contributed by atoms with Crippen molar-refractivity contribution in [2.45, 2.75) is 26.4 Å². The molecule has 4 heterocycles. The molecule has 1 aliphatic heterocycles. The second-order valence-electron chi connectivity index (χ2n) is 8.62. The summed E-state index contributed by atoms with van der Waals surface area (Å²) in [6.45, 7) is 4.75. The third kappa shape index (κ3) is 3.62. The molecule has 1 aromatic carbocycles. The number of anilines is 3. The van der Waals surface area contributed by atoms with Crippen LogP contribution in [0.2, 0.25) is 0 Å². The standard InChI is InChI=1S/C24H25N9O/c1-13(2)33-22-19(20(31-33)16-7-5-6-14-10-26-12-17(14)16)21(25)29-24(30-22)28-15-8-9-18(27-11-15)23(34)32(3)4/h5-9,11-13H,10H2,1-4H3,(H3,25,28,29,30). The Labute approximate surface area is 196 Å². The number of carbonyl (C=O) groups is 1. The topological polar surface area (TPSA) is 127 Å². The highest BCUT2D eigenvalue weighted by atomic mass is 16.2. The smallest absolute Gasteiger partial charge is 0.271 e. The van der Waals surface area contributed by atoms with Crippen LogP contribution in [0.3, 0.4) is 0 Å². The number of aromatic nitrogens is 5. The van der Waals surface area contributed by atoms with Gasteiger partial charge in [0.15, 0.2) is 5.65 Å². The quantitative estimate of drug-likeness (QED) is 0.472. The van der Waals surface area contributed by atoms with Crippen molar-refractivity contribution >= 4 is 40.6 Å². The maximum Gasteiger partial charge on any atom is 0.271 e. The summed E-state index contributed by atoms with van der Waals surface area (Å²) in [4.78, 5) is 31.4. The van der Waals surface area contributed by atoms with Gasteiger partial charge in [-0.3, -0.25) is 9.79 Å². The zero-order chi connectivity index (χ0) is 24.0. The van der Waals surface area contributed by atoms with E-state index in [-0.39, 0.29) is 11.9 Å². The molecule has 4 aromatic rings. The lowest BCUT2D eigenvalue weighted by atomic mass is 10.00. The van der Waals surface area contributed by atoms with Crippen LogP contribution < -0.4 is 11.1 Å². The number of fused-ring (bicyclic) bond motifs is 2. The molecule has 172 valence electrons. The first-order valence-electron chi connectivity index (χ1n) is 11.0. The van der Waals surface area contributed by atoms with E-state index < -0.39 is 0 Å². The van der Waals surface area contributed by atoms with Crippen molar-refractivity contribution in [2.75, 3.05) is 25.1 Å². The minimum absolute atomic E-state index is 0.0572. The lowest BCUT2D eigenvalue weighted by Gasteiger charge is -2.11. The van der Waals surface area contributed by atoms with Gasteiger partial charge in [-0.2, -0.15) is 15.1 Å². The number of nitrogens with zero attached hydrogens (tertiary/aromatic N) is 7. The number of aliphatic imine (C=N–C) groups is 1. The lowest BCUT2D eigenvalue weighted by molar-refractivity contribution is 0.0822. The van der Waals surface area contributed by atoms with E-state index in [2.05, 4.69) is 26.3 Å². The first-order valence-corrected chi connectivity index (χ1v) is 11.0. The van der Waals surface area contributed by atoms with Crippen LogP contribution in [0.1, 0.15) is 41.5 Å².